The molecule has 0 spiro atoms. The molecule has 4 nitrogen and oxygen atoms in total. The van der Waals surface area contributed by atoms with Crippen molar-refractivity contribution in [2.75, 3.05) is 0 Å². The van der Waals surface area contributed by atoms with Gasteiger partial charge in [-0.25, -0.2) is 9.59 Å². The van der Waals surface area contributed by atoms with E-state index in [1.165, 1.54) is 6.07 Å². The van der Waals surface area contributed by atoms with Crippen molar-refractivity contribution in [2.45, 2.75) is 13.8 Å². The van der Waals surface area contributed by atoms with Crippen molar-refractivity contribution < 1.29 is 14.3 Å². The zero-order valence-corrected chi connectivity index (χ0v) is 8.90. The van der Waals surface area contributed by atoms with Crippen LogP contribution in [-0.4, -0.2) is 11.1 Å². The van der Waals surface area contributed by atoms with Gasteiger partial charge in [-0.2, -0.15) is 0 Å². The molecule has 2 rings (SSSR count). The molecule has 0 aliphatic heterocycles. The Morgan fingerprint density at radius 3 is 2.44 bits per heavy atom. The largest absolute Gasteiger partial charge is 0.477 e. The van der Waals surface area contributed by atoms with Gasteiger partial charge in [0, 0.05) is 5.39 Å². The zero-order chi connectivity index (χ0) is 11.9. The molecular formula is C12H10O4. The maximum absolute atomic E-state index is 11.3. The Balaban J connectivity index is 2.85. The Bertz CT molecular complexity index is 637. The molecule has 1 aromatic heterocycles. The molecule has 1 N–H and O–H groups in total. The number of rotatable bonds is 1. The minimum atomic E-state index is -1.27. The molecule has 0 atom stereocenters. The Morgan fingerprint density at radius 1 is 1.19 bits per heavy atom. The second-order valence-corrected chi connectivity index (χ2v) is 3.73. The Hall–Kier alpha value is -2.10. The van der Waals surface area contributed by atoms with E-state index < -0.39 is 11.6 Å². The highest BCUT2D eigenvalue weighted by Crippen LogP contribution is 2.18. The number of carboxylic acids is 1. The fraction of sp³-hybridized carbons (Fsp3) is 0.167. The molecule has 1 aromatic carbocycles. The first-order chi connectivity index (χ1) is 7.49. The predicted octanol–water partition coefficient (Wildman–Crippen LogP) is 2.11. The smallest absolute Gasteiger partial charge is 0.351 e. The maximum Gasteiger partial charge on any atom is 0.351 e. The number of carboxylic acid groups (broad SMARTS) is 1. The summed E-state index contributed by atoms with van der Waals surface area (Å²) in [5, 5.41) is 9.41. The van der Waals surface area contributed by atoms with Crippen LogP contribution in [0.15, 0.2) is 27.4 Å². The van der Waals surface area contributed by atoms with Crippen molar-refractivity contribution in [3.63, 3.8) is 0 Å². The van der Waals surface area contributed by atoms with E-state index in [1.807, 2.05) is 13.8 Å². The van der Waals surface area contributed by atoms with Gasteiger partial charge in [0.25, 0.3) is 0 Å². The van der Waals surface area contributed by atoms with E-state index in [-0.39, 0.29) is 5.56 Å². The van der Waals surface area contributed by atoms with Gasteiger partial charge in [0.05, 0.1) is 0 Å². The third-order valence-corrected chi connectivity index (χ3v) is 2.58. The first-order valence-corrected chi connectivity index (χ1v) is 4.77. The summed E-state index contributed by atoms with van der Waals surface area (Å²) >= 11 is 0. The van der Waals surface area contributed by atoms with Crippen LogP contribution < -0.4 is 5.63 Å². The first kappa shape index (κ1) is 10.4. The van der Waals surface area contributed by atoms with Crippen LogP contribution in [0.2, 0.25) is 0 Å². The number of hydrogen-bond acceptors (Lipinski definition) is 3. The number of aryl methyl sites for hydroxylation is 2. The van der Waals surface area contributed by atoms with E-state index in [9.17, 15) is 9.59 Å². The summed E-state index contributed by atoms with van der Waals surface area (Å²) < 4.78 is 4.95. The average molecular weight is 218 g/mol. The molecule has 0 saturated heterocycles. The molecular weight excluding hydrogens is 208 g/mol. The van der Waals surface area contributed by atoms with Gasteiger partial charge in [-0.3, -0.25) is 0 Å². The summed E-state index contributed by atoms with van der Waals surface area (Å²) in [5.74, 6) is -1.27. The Labute approximate surface area is 91.1 Å². The van der Waals surface area contributed by atoms with E-state index >= 15 is 0 Å². The summed E-state index contributed by atoms with van der Waals surface area (Å²) in [5.41, 5.74) is 1.29. The zero-order valence-electron chi connectivity index (χ0n) is 8.90. The Morgan fingerprint density at radius 2 is 1.81 bits per heavy atom. The van der Waals surface area contributed by atoms with Crippen molar-refractivity contribution in [3.05, 3.63) is 45.3 Å². The normalized spacial score (nSPS) is 10.6. The highest BCUT2D eigenvalue weighted by atomic mass is 16.4. The van der Waals surface area contributed by atoms with Gasteiger partial charge in [-0.15, -0.1) is 0 Å². The van der Waals surface area contributed by atoms with Crippen molar-refractivity contribution in [1.29, 1.82) is 0 Å². The second kappa shape index (κ2) is 3.48. The maximum atomic E-state index is 11.3. The monoisotopic (exact) mass is 218 g/mol. The molecule has 4 heteroatoms. The number of hydrogen-bond donors (Lipinski definition) is 1. The molecule has 0 bridgehead atoms. The summed E-state index contributed by atoms with van der Waals surface area (Å²) in [6, 6.07) is 4.88. The van der Waals surface area contributed by atoms with Crippen LogP contribution in [-0.2, 0) is 0 Å². The van der Waals surface area contributed by atoms with Gasteiger partial charge in [0.2, 0.25) is 0 Å². The molecule has 0 aliphatic carbocycles. The molecule has 0 radical (unpaired) electrons. The highest BCUT2D eigenvalue weighted by molar-refractivity contribution is 5.91. The number of fused-ring (bicyclic) bond motifs is 1. The summed E-state index contributed by atoms with van der Waals surface area (Å²) in [6.45, 7) is 3.82. The number of aromatic carboxylic acids is 1. The molecule has 82 valence electrons. The van der Waals surface area contributed by atoms with E-state index in [0.29, 0.717) is 11.0 Å². The summed E-state index contributed by atoms with van der Waals surface area (Å²) in [4.78, 5) is 22.1. The topological polar surface area (TPSA) is 67.5 Å². The van der Waals surface area contributed by atoms with E-state index in [0.717, 1.165) is 11.1 Å². The van der Waals surface area contributed by atoms with Crippen molar-refractivity contribution in [3.8, 4) is 0 Å². The Kier molecular flexibility index (Phi) is 2.27. The lowest BCUT2D eigenvalue weighted by Gasteiger charge is -2.03. The van der Waals surface area contributed by atoms with E-state index in [2.05, 4.69) is 0 Å². The van der Waals surface area contributed by atoms with Crippen LogP contribution in [0, 0.1) is 13.8 Å². The van der Waals surface area contributed by atoms with Crippen LogP contribution in [0.4, 0.5) is 0 Å². The van der Waals surface area contributed by atoms with Crippen molar-refractivity contribution in [1.82, 2.24) is 0 Å². The van der Waals surface area contributed by atoms with Gasteiger partial charge in [-0.05, 0) is 43.2 Å². The molecule has 2 aromatic rings. The average Bonchev–Trinajstić information content (AvgIpc) is 2.19. The van der Waals surface area contributed by atoms with Crippen LogP contribution in [0.5, 0.6) is 0 Å². The third-order valence-electron chi connectivity index (χ3n) is 2.58. The first-order valence-electron chi connectivity index (χ1n) is 4.77. The van der Waals surface area contributed by atoms with Crippen molar-refractivity contribution in [2.24, 2.45) is 0 Å². The van der Waals surface area contributed by atoms with E-state index in [4.69, 9.17) is 9.52 Å². The third kappa shape index (κ3) is 1.58. The second-order valence-electron chi connectivity index (χ2n) is 3.73. The number of carbonyl (C=O) groups is 1. The minimum absolute atomic E-state index is 0.337. The number of benzene rings is 1. The lowest BCUT2D eigenvalue weighted by molar-refractivity contribution is 0.0692. The SMILES string of the molecule is Cc1cc2cc(C(=O)O)c(=O)oc2cc1C. The summed E-state index contributed by atoms with van der Waals surface area (Å²) in [7, 11) is 0. The standard InChI is InChI=1S/C12H10O4/c1-6-3-8-5-9(11(13)14)12(15)16-10(8)4-7(6)2/h3-5H,1-2H3,(H,13,14). The van der Waals surface area contributed by atoms with Gasteiger partial charge >= 0.3 is 11.6 Å². The minimum Gasteiger partial charge on any atom is -0.477 e. The molecule has 0 saturated carbocycles. The fourth-order valence-corrected chi connectivity index (χ4v) is 1.53. The van der Waals surface area contributed by atoms with E-state index in [1.54, 1.807) is 12.1 Å². The van der Waals surface area contributed by atoms with Gasteiger partial charge in [-0.1, -0.05) is 0 Å². The lowest BCUT2D eigenvalue weighted by atomic mass is 10.1. The van der Waals surface area contributed by atoms with Crippen molar-refractivity contribution >= 4 is 16.9 Å². The van der Waals surface area contributed by atoms with Crippen LogP contribution in [0.25, 0.3) is 11.0 Å². The predicted molar refractivity (Wildman–Crippen MR) is 58.9 cm³/mol. The molecule has 1 heterocycles. The molecule has 0 amide bonds. The molecule has 0 unspecified atom stereocenters. The summed E-state index contributed by atoms with van der Waals surface area (Å²) in [6.07, 6.45) is 0. The van der Waals surface area contributed by atoms with Gasteiger partial charge in [0.15, 0.2) is 0 Å². The molecule has 0 fully saturated rings. The molecule has 16 heavy (non-hydrogen) atoms. The van der Waals surface area contributed by atoms with Gasteiger partial charge < -0.3 is 9.52 Å². The van der Waals surface area contributed by atoms with Gasteiger partial charge in [0.1, 0.15) is 11.1 Å². The van der Waals surface area contributed by atoms with Crippen LogP contribution in [0.3, 0.4) is 0 Å². The quantitative estimate of drug-likeness (QED) is 0.744. The van der Waals surface area contributed by atoms with Crippen LogP contribution >= 0.6 is 0 Å². The van der Waals surface area contributed by atoms with Crippen LogP contribution in [0.1, 0.15) is 21.5 Å². The molecule has 0 aliphatic rings. The highest BCUT2D eigenvalue weighted by Gasteiger charge is 2.12. The fourth-order valence-electron chi connectivity index (χ4n) is 1.53. The lowest BCUT2D eigenvalue weighted by Crippen LogP contribution is -2.12.